The molecule has 1 fully saturated rings. The molecule has 4 aromatic carbocycles. The van der Waals surface area contributed by atoms with Gasteiger partial charge < -0.3 is 44.7 Å². The molecule has 9 aromatic rings. The monoisotopic (exact) mass is 1020 g/mol. The summed E-state index contributed by atoms with van der Waals surface area (Å²) in [6.45, 7) is 4.66. The molecule has 7 N–H and O–H groups in total. The van der Waals surface area contributed by atoms with Crippen molar-refractivity contribution in [2.45, 2.75) is 68.3 Å². The molecule has 0 radical (unpaired) electrons. The van der Waals surface area contributed by atoms with Crippen molar-refractivity contribution in [1.82, 2.24) is 42.8 Å². The van der Waals surface area contributed by atoms with E-state index in [1.807, 2.05) is 83.6 Å². The minimum Gasteiger partial charge on any atom is -0.430 e. The summed E-state index contributed by atoms with van der Waals surface area (Å²) in [4.78, 5) is 64.7. The SMILES string of the molecule is CCn1c2ccccc2c2cc(C(CCNC(=O)C3CN(C(=O)OC(N)CC(c4cc(C(N)=O)c5c(c4)c4ccccc4n5CC)n4ccnc4)CCN3S(=O)(=O)c3cccs3)n3ccnc3)cc(C(N)=O)c21. The van der Waals surface area contributed by atoms with Gasteiger partial charge in [-0.2, -0.15) is 4.31 Å². The van der Waals surface area contributed by atoms with Crippen LogP contribution in [-0.4, -0.2) is 108 Å². The van der Waals surface area contributed by atoms with Crippen LogP contribution >= 0.6 is 11.3 Å². The zero-order valence-electron chi connectivity index (χ0n) is 40.1. The van der Waals surface area contributed by atoms with Crippen LogP contribution in [0.15, 0.2) is 132 Å². The van der Waals surface area contributed by atoms with E-state index >= 15 is 0 Å². The van der Waals surface area contributed by atoms with Crippen LogP contribution in [0.2, 0.25) is 0 Å². The molecule has 73 heavy (non-hydrogen) atoms. The van der Waals surface area contributed by atoms with Crippen LogP contribution < -0.4 is 22.5 Å². The maximum absolute atomic E-state index is 14.5. The lowest BCUT2D eigenvalue weighted by molar-refractivity contribution is -0.126. The summed E-state index contributed by atoms with van der Waals surface area (Å²) in [6, 6.07) is 24.1. The van der Waals surface area contributed by atoms with Crippen molar-refractivity contribution in [2.24, 2.45) is 17.2 Å². The third-order valence-corrected chi connectivity index (χ3v) is 17.1. The molecular weight excluding hydrogens is 969 g/mol. The van der Waals surface area contributed by atoms with Crippen LogP contribution in [0.3, 0.4) is 0 Å². The van der Waals surface area contributed by atoms with Crippen LogP contribution in [0.5, 0.6) is 0 Å². The van der Waals surface area contributed by atoms with Crippen LogP contribution in [-0.2, 0) is 32.6 Å². The highest BCUT2D eigenvalue weighted by molar-refractivity contribution is 7.91. The highest BCUT2D eigenvalue weighted by Crippen LogP contribution is 2.38. The van der Waals surface area contributed by atoms with Crippen molar-refractivity contribution in [3.05, 3.63) is 150 Å². The Balaban J connectivity index is 0.899. The van der Waals surface area contributed by atoms with E-state index in [-0.39, 0.29) is 36.8 Å². The number of imidazole rings is 2. The Morgan fingerprint density at radius 3 is 1.84 bits per heavy atom. The summed E-state index contributed by atoms with van der Waals surface area (Å²) in [5, 5.41) is 8.18. The average molecular weight is 1020 g/mol. The smallest absolute Gasteiger partial charge is 0.411 e. The fourth-order valence-electron chi connectivity index (χ4n) is 10.5. The summed E-state index contributed by atoms with van der Waals surface area (Å²) >= 11 is 1.03. The van der Waals surface area contributed by atoms with Gasteiger partial charge in [0.1, 0.15) is 10.3 Å². The molecule has 19 nitrogen and oxygen atoms in total. The number of piperazine rings is 1. The van der Waals surface area contributed by atoms with E-state index in [1.54, 1.807) is 61.0 Å². The van der Waals surface area contributed by atoms with Gasteiger partial charge in [0, 0.05) is 103 Å². The van der Waals surface area contributed by atoms with Gasteiger partial charge in [-0.25, -0.2) is 23.2 Å². The van der Waals surface area contributed by atoms with E-state index in [0.29, 0.717) is 41.7 Å². The molecule has 1 aliphatic heterocycles. The molecule has 4 amide bonds. The number of amides is 4. The minimum atomic E-state index is -4.18. The molecule has 0 spiro atoms. The van der Waals surface area contributed by atoms with Crippen LogP contribution in [0.25, 0.3) is 43.6 Å². The van der Waals surface area contributed by atoms with Crippen LogP contribution in [0, 0.1) is 0 Å². The van der Waals surface area contributed by atoms with E-state index < -0.39 is 58.2 Å². The van der Waals surface area contributed by atoms with Gasteiger partial charge in [0.15, 0.2) is 6.23 Å². The quantitative estimate of drug-likeness (QED) is 0.0755. The Kier molecular flexibility index (Phi) is 13.3. The minimum absolute atomic E-state index is 0.0431. The first kappa shape index (κ1) is 48.8. The average Bonchev–Trinajstić information content (AvgIpc) is 4.27. The van der Waals surface area contributed by atoms with Gasteiger partial charge in [-0.05, 0) is 79.2 Å². The van der Waals surface area contributed by atoms with Crippen molar-refractivity contribution >= 4 is 88.8 Å². The fourth-order valence-corrected chi connectivity index (χ4v) is 13.2. The maximum atomic E-state index is 14.5. The van der Waals surface area contributed by atoms with Crippen molar-refractivity contribution in [2.75, 3.05) is 26.2 Å². The summed E-state index contributed by atoms with van der Waals surface area (Å²) in [5.74, 6) is -1.81. The first-order chi connectivity index (χ1) is 35.3. The molecular formula is C52H54N12O7S2. The summed E-state index contributed by atoms with van der Waals surface area (Å²) in [7, 11) is -4.18. The lowest BCUT2D eigenvalue weighted by atomic mass is 9.96. The second-order valence-electron chi connectivity index (χ2n) is 18.0. The van der Waals surface area contributed by atoms with Gasteiger partial charge in [0.05, 0.1) is 46.9 Å². The van der Waals surface area contributed by atoms with E-state index in [4.69, 9.17) is 21.9 Å². The lowest BCUT2D eigenvalue weighted by Crippen LogP contribution is -2.61. The molecule has 1 saturated heterocycles. The number of para-hydroxylation sites is 2. The number of hydrogen-bond donors (Lipinski definition) is 4. The number of hydrogen-bond acceptors (Lipinski definition) is 11. The van der Waals surface area contributed by atoms with E-state index in [1.165, 1.54) is 11.0 Å². The number of fused-ring (bicyclic) bond motifs is 6. The number of nitrogens with zero attached hydrogens (tertiary/aromatic N) is 8. The maximum Gasteiger partial charge on any atom is 0.411 e. The van der Waals surface area contributed by atoms with Gasteiger partial charge in [-0.3, -0.25) is 20.1 Å². The summed E-state index contributed by atoms with van der Waals surface area (Å²) < 4.78 is 43.2. The first-order valence-corrected chi connectivity index (χ1v) is 26.3. The Labute approximate surface area is 423 Å². The molecule has 0 bridgehead atoms. The zero-order chi connectivity index (χ0) is 51.1. The first-order valence-electron chi connectivity index (χ1n) is 24.0. The number of nitrogens with two attached hydrogens (primary N) is 3. The number of aryl methyl sites for hydroxylation is 2. The van der Waals surface area contributed by atoms with Crippen LogP contribution in [0.4, 0.5) is 4.79 Å². The topological polar surface area (TPSA) is 254 Å². The summed E-state index contributed by atoms with van der Waals surface area (Å²) in [6.07, 6.45) is 8.35. The third kappa shape index (κ3) is 8.98. The number of ether oxygens (including phenoxy) is 1. The second kappa shape index (κ2) is 20.0. The van der Waals surface area contributed by atoms with Gasteiger partial charge in [0.2, 0.25) is 5.91 Å². The zero-order valence-corrected chi connectivity index (χ0v) is 41.7. The number of sulfonamides is 1. The number of primary amides is 2. The van der Waals surface area contributed by atoms with Gasteiger partial charge in [-0.1, -0.05) is 42.5 Å². The van der Waals surface area contributed by atoms with Crippen molar-refractivity contribution in [3.8, 4) is 0 Å². The van der Waals surface area contributed by atoms with E-state index in [0.717, 1.165) is 59.3 Å². The molecule has 1 aliphatic rings. The molecule has 0 aliphatic carbocycles. The fraction of sp³-hybridized carbons (Fsp3) is 0.269. The molecule has 6 heterocycles. The van der Waals surface area contributed by atoms with Crippen molar-refractivity contribution < 1.29 is 32.3 Å². The number of thiophene rings is 1. The molecule has 21 heteroatoms. The Hall–Kier alpha value is -7.85. The number of benzene rings is 4. The Morgan fingerprint density at radius 1 is 0.753 bits per heavy atom. The predicted octanol–water partition coefficient (Wildman–Crippen LogP) is 6.17. The highest BCUT2D eigenvalue weighted by atomic mass is 32.2. The Bertz CT molecular complexity index is 3650. The number of carbonyl (C=O) groups excluding carboxylic acids is 4. The largest absolute Gasteiger partial charge is 0.430 e. The molecule has 376 valence electrons. The van der Waals surface area contributed by atoms with Gasteiger partial charge in [0.25, 0.3) is 21.8 Å². The molecule has 4 unspecified atom stereocenters. The molecule has 0 saturated carbocycles. The van der Waals surface area contributed by atoms with Gasteiger partial charge in [-0.15, -0.1) is 11.3 Å². The van der Waals surface area contributed by atoms with Crippen molar-refractivity contribution in [1.29, 1.82) is 0 Å². The highest BCUT2D eigenvalue weighted by Gasteiger charge is 2.42. The molecule has 5 aromatic heterocycles. The molecule has 10 rings (SSSR count). The number of nitrogens with one attached hydrogen (secondary N) is 1. The molecule has 4 atom stereocenters. The second-order valence-corrected chi connectivity index (χ2v) is 21.0. The Morgan fingerprint density at radius 2 is 1.32 bits per heavy atom. The van der Waals surface area contributed by atoms with E-state index in [2.05, 4.69) is 24.4 Å². The number of carbonyl (C=O) groups is 4. The number of rotatable bonds is 17. The normalized spacial score (nSPS) is 15.8. The van der Waals surface area contributed by atoms with Crippen molar-refractivity contribution in [3.63, 3.8) is 0 Å². The number of aromatic nitrogens is 6. The van der Waals surface area contributed by atoms with E-state index in [9.17, 15) is 27.6 Å². The third-order valence-electron chi connectivity index (χ3n) is 13.9. The van der Waals surface area contributed by atoms with Gasteiger partial charge >= 0.3 is 6.09 Å². The predicted molar refractivity (Wildman–Crippen MR) is 278 cm³/mol. The standard InChI is InChI=1S/C52H54N12O7S2/c1-3-62-41-12-7-5-10-34(41)36-24-32(26-38(47(36)62)49(54)65)40(60-19-17-56-30-60)15-16-58-51(67)44-29-59(21-22-64(44)73(69,70)46-14-9-23-72-46)52(68)71-45(53)28-43(61-20-18-57-31-61)33-25-37-35-11-6-8-13-42(35)63(4-2)48(37)39(27-33)50(55)66/h5-14,17-20,23-27,30-31,40,43-45H,3-4,15-16,21-22,28-29,53H2,1-2H3,(H2,54,65)(H2,55,66)(H,58,67). The summed E-state index contributed by atoms with van der Waals surface area (Å²) in [5.41, 5.74) is 24.2. The lowest BCUT2D eigenvalue weighted by Gasteiger charge is -2.39. The van der Waals surface area contributed by atoms with Crippen LogP contribution in [0.1, 0.15) is 70.6 Å².